The number of rotatable bonds is 10. The molecule has 2 aliphatic rings. The van der Waals surface area contributed by atoms with Gasteiger partial charge < -0.3 is 41.8 Å². The Morgan fingerprint density at radius 1 is 0.817 bits per heavy atom. The van der Waals surface area contributed by atoms with Crippen LogP contribution in [0.15, 0.2) is 88.8 Å². The molecule has 2 fully saturated rings. The third-order valence-corrected chi connectivity index (χ3v) is 10.9. The number of H-pyrrole nitrogens is 1. The van der Waals surface area contributed by atoms with Gasteiger partial charge in [0.1, 0.15) is 11.5 Å². The van der Waals surface area contributed by atoms with Gasteiger partial charge in [-0.05, 0) is 90.2 Å². The summed E-state index contributed by atoms with van der Waals surface area (Å²) in [7, 11) is 0. The molecule has 0 bridgehead atoms. The topological polar surface area (TPSA) is 166 Å². The van der Waals surface area contributed by atoms with Crippen LogP contribution < -0.4 is 37.6 Å². The Labute approximate surface area is 353 Å². The highest BCUT2D eigenvalue weighted by atomic mass is 19.1. The smallest absolute Gasteiger partial charge is 0.354 e. The summed E-state index contributed by atoms with van der Waals surface area (Å²) >= 11 is 0. The van der Waals surface area contributed by atoms with Crippen LogP contribution in [0.3, 0.4) is 0 Å². The fraction of sp³-hybridized carbons (Fsp3) is 0.435. The minimum Gasteiger partial charge on any atom is -0.370 e. The van der Waals surface area contributed by atoms with E-state index in [2.05, 4.69) is 101 Å². The van der Waals surface area contributed by atoms with Gasteiger partial charge in [-0.15, -0.1) is 0 Å². The van der Waals surface area contributed by atoms with E-state index in [1.54, 1.807) is 16.7 Å². The van der Waals surface area contributed by atoms with E-state index in [4.69, 9.17) is 11.5 Å². The molecule has 0 spiro atoms. The quantitative estimate of drug-likeness (QED) is 0.0719. The Morgan fingerprint density at radius 3 is 2.10 bits per heavy atom. The van der Waals surface area contributed by atoms with Gasteiger partial charge in [0, 0.05) is 105 Å². The molecule has 14 heteroatoms. The van der Waals surface area contributed by atoms with Crippen LogP contribution in [0, 0.1) is 5.82 Å². The second-order valence-electron chi connectivity index (χ2n) is 17.6. The van der Waals surface area contributed by atoms with Crippen molar-refractivity contribution in [2.45, 2.75) is 65.3 Å². The molecule has 0 saturated carbocycles. The van der Waals surface area contributed by atoms with Gasteiger partial charge in [0.25, 0.3) is 5.91 Å². The van der Waals surface area contributed by atoms with Crippen molar-refractivity contribution in [1.29, 1.82) is 0 Å². The van der Waals surface area contributed by atoms with E-state index in [0.717, 1.165) is 98.0 Å². The number of benzene rings is 3. The highest BCUT2D eigenvalue weighted by Crippen LogP contribution is 2.30. The van der Waals surface area contributed by atoms with Gasteiger partial charge in [0.2, 0.25) is 0 Å². The molecule has 3 aromatic carbocycles. The van der Waals surface area contributed by atoms with Gasteiger partial charge in [0.05, 0.1) is 5.69 Å². The van der Waals surface area contributed by atoms with Crippen LogP contribution in [0.4, 0.5) is 15.8 Å². The number of nitrogens with one attached hydrogen (secondary N) is 3. The Morgan fingerprint density at radius 2 is 1.47 bits per heavy atom. The van der Waals surface area contributed by atoms with E-state index in [1.807, 2.05) is 35.4 Å². The summed E-state index contributed by atoms with van der Waals surface area (Å²) in [5, 5.41) is 7.67. The fourth-order valence-electron chi connectivity index (χ4n) is 7.28. The Bertz CT molecular complexity index is 2290. The van der Waals surface area contributed by atoms with Crippen LogP contribution in [-0.4, -0.2) is 96.7 Å². The number of carbonyl (C=O) groups excluding carboxylic acids is 1. The van der Waals surface area contributed by atoms with E-state index in [9.17, 15) is 14.0 Å². The van der Waals surface area contributed by atoms with Crippen molar-refractivity contribution >= 4 is 34.3 Å². The fourth-order valence-corrected chi connectivity index (χ4v) is 7.28. The number of fused-ring (bicyclic) bond motifs is 1. The number of carbonyl (C=O) groups is 1. The molecule has 7 rings (SSSR count). The summed E-state index contributed by atoms with van der Waals surface area (Å²) in [6.07, 6.45) is 2.71. The lowest BCUT2D eigenvalue weighted by Gasteiger charge is -2.36. The zero-order valence-corrected chi connectivity index (χ0v) is 36.0. The lowest BCUT2D eigenvalue weighted by molar-refractivity contribution is 0.0746. The number of aromatic nitrogens is 3. The first-order valence-corrected chi connectivity index (χ1v) is 20.9. The molecule has 7 N–H and O–H groups in total. The van der Waals surface area contributed by atoms with Crippen molar-refractivity contribution in [3.05, 3.63) is 118 Å². The van der Waals surface area contributed by atoms with Crippen LogP contribution in [-0.2, 0) is 17.4 Å². The molecule has 60 heavy (non-hydrogen) atoms. The minimum absolute atomic E-state index is 0.0274. The van der Waals surface area contributed by atoms with Gasteiger partial charge in [-0.3, -0.25) is 14.4 Å². The second-order valence-corrected chi connectivity index (χ2v) is 17.6. The van der Waals surface area contributed by atoms with Crippen LogP contribution in [0.25, 0.3) is 16.7 Å². The number of piperazine rings is 2. The van der Waals surface area contributed by atoms with Crippen molar-refractivity contribution in [3.8, 4) is 5.69 Å². The molecule has 2 saturated heterocycles. The molecule has 320 valence electrons. The van der Waals surface area contributed by atoms with Crippen molar-refractivity contribution < 1.29 is 9.18 Å². The SMILES string of the molecule is CC(C)(C)c1cc(C(=O)N2CCN(c3ccc(F)cc3)CC2)cc(N2CCNCC2)c1.CC(C)(C)c1cc2cn(-c3ccc(CNCCCN=C(N)N)cc3)c(=O)nc2[nH]1. The molecule has 1 amide bonds. The van der Waals surface area contributed by atoms with E-state index in [1.165, 1.54) is 17.7 Å². The Hall–Kier alpha value is -5.73. The van der Waals surface area contributed by atoms with Crippen LogP contribution in [0.5, 0.6) is 0 Å². The molecule has 0 atom stereocenters. The molecule has 2 aromatic heterocycles. The predicted octanol–water partition coefficient (Wildman–Crippen LogP) is 5.26. The van der Waals surface area contributed by atoms with Gasteiger partial charge in [-0.25, -0.2) is 9.18 Å². The van der Waals surface area contributed by atoms with Crippen LogP contribution in [0.2, 0.25) is 0 Å². The lowest BCUT2D eigenvalue weighted by Crippen LogP contribution is -2.49. The van der Waals surface area contributed by atoms with E-state index in [-0.39, 0.29) is 34.2 Å². The molecule has 13 nitrogen and oxygen atoms in total. The number of nitrogens with zero attached hydrogens (tertiary/aromatic N) is 6. The van der Waals surface area contributed by atoms with Crippen molar-refractivity contribution in [2.24, 2.45) is 16.5 Å². The molecule has 5 aromatic rings. The van der Waals surface area contributed by atoms with Gasteiger partial charge in [-0.1, -0.05) is 53.7 Å². The van der Waals surface area contributed by atoms with E-state index < -0.39 is 0 Å². The summed E-state index contributed by atoms with van der Waals surface area (Å²) in [4.78, 5) is 43.9. The molecule has 2 aliphatic heterocycles. The van der Waals surface area contributed by atoms with Crippen molar-refractivity contribution in [2.75, 3.05) is 75.2 Å². The number of nitrogens with two attached hydrogens (primary N) is 2. The first-order valence-electron chi connectivity index (χ1n) is 20.9. The third kappa shape index (κ3) is 11.5. The average Bonchev–Trinajstić information content (AvgIpc) is 3.66. The zero-order chi connectivity index (χ0) is 43.0. The lowest BCUT2D eigenvalue weighted by atomic mass is 9.85. The number of halogens is 1. The number of aromatic amines is 1. The largest absolute Gasteiger partial charge is 0.370 e. The number of guanidine groups is 1. The highest BCUT2D eigenvalue weighted by molar-refractivity contribution is 5.95. The number of hydrogen-bond donors (Lipinski definition) is 5. The summed E-state index contributed by atoms with van der Waals surface area (Å²) in [5.74, 6) is -0.00407. The van der Waals surface area contributed by atoms with Gasteiger partial charge in [0.15, 0.2) is 5.96 Å². The second kappa shape index (κ2) is 19.1. The number of amides is 1. The highest BCUT2D eigenvalue weighted by Gasteiger charge is 2.26. The van der Waals surface area contributed by atoms with Crippen molar-refractivity contribution in [3.63, 3.8) is 0 Å². The minimum atomic E-state index is -0.301. The molecule has 0 aliphatic carbocycles. The maximum atomic E-state index is 13.4. The summed E-state index contributed by atoms with van der Waals surface area (Å²) in [5.41, 5.74) is 17.9. The number of hydrogen-bond acceptors (Lipinski definition) is 8. The maximum absolute atomic E-state index is 13.4. The number of anilines is 2. The number of aliphatic imine (C=N–C) groups is 1. The van der Waals surface area contributed by atoms with Gasteiger partial charge >= 0.3 is 5.69 Å². The molecule has 4 heterocycles. The summed E-state index contributed by atoms with van der Waals surface area (Å²) < 4.78 is 14.8. The standard InChI is InChI=1S/C25H33FN4O.C21H29N7O/c1-25(2,3)20-16-19(17-23(18-20)28-10-8-27-9-11-28)24(31)30-14-12-29(13-15-30)22-6-4-21(26)5-7-22;1-21(2,3)17-11-15-13-28(20(29)27-18(15)26-17)16-7-5-14(6-8-16)12-24-9-4-10-25-19(22)23/h4-7,16-18,27H,8-15H2,1-3H3;5-8,11,13,24H,4,9-10,12H2,1-3H3,(H4,22,23,25)(H,26,27,29). The first kappa shape index (κ1) is 43.8. The Kier molecular flexibility index (Phi) is 14.0. The van der Waals surface area contributed by atoms with Crippen LogP contribution in [0.1, 0.15) is 75.1 Å². The summed E-state index contributed by atoms with van der Waals surface area (Å²) in [6.45, 7) is 21.8. The molecular formula is C46H62FN11O2. The third-order valence-electron chi connectivity index (χ3n) is 10.9. The zero-order valence-electron chi connectivity index (χ0n) is 36.0. The maximum Gasteiger partial charge on any atom is 0.354 e. The van der Waals surface area contributed by atoms with Crippen LogP contribution >= 0.6 is 0 Å². The predicted molar refractivity (Wildman–Crippen MR) is 242 cm³/mol. The van der Waals surface area contributed by atoms with E-state index in [0.29, 0.717) is 25.3 Å². The molecule has 0 unspecified atom stereocenters. The van der Waals surface area contributed by atoms with Gasteiger partial charge in [-0.2, -0.15) is 4.98 Å². The summed E-state index contributed by atoms with van der Waals surface area (Å²) in [6, 6.07) is 22.9. The molecular weight excluding hydrogens is 758 g/mol. The Balaban J connectivity index is 0.000000202. The van der Waals surface area contributed by atoms with E-state index >= 15 is 0 Å². The normalized spacial score (nSPS) is 14.8. The monoisotopic (exact) mass is 820 g/mol. The molecule has 0 radical (unpaired) electrons. The first-order chi connectivity index (χ1) is 28.5. The average molecular weight is 820 g/mol. The van der Waals surface area contributed by atoms with Crippen molar-refractivity contribution in [1.82, 2.24) is 30.1 Å².